The summed E-state index contributed by atoms with van der Waals surface area (Å²) in [5, 5.41) is 0. The van der Waals surface area contributed by atoms with Crippen molar-refractivity contribution in [1.29, 1.82) is 0 Å². The summed E-state index contributed by atoms with van der Waals surface area (Å²) < 4.78 is 34.3. The molecule has 0 aliphatic heterocycles. The number of quaternary nitrogens is 1. The molecule has 0 aromatic rings. The predicted molar refractivity (Wildman–Crippen MR) is 369 cm³/mol. The van der Waals surface area contributed by atoms with E-state index in [9.17, 15) is 19.0 Å². The number of phosphoric ester groups is 1. The van der Waals surface area contributed by atoms with E-state index in [1.54, 1.807) is 0 Å². The van der Waals surface area contributed by atoms with Crippen LogP contribution in [0.15, 0.2) is 134 Å². The highest BCUT2D eigenvalue weighted by Crippen LogP contribution is 2.38. The van der Waals surface area contributed by atoms with Crippen LogP contribution in [0.1, 0.15) is 284 Å². The Balaban J connectivity index is 4.07. The van der Waals surface area contributed by atoms with Gasteiger partial charge in [-0.3, -0.25) is 14.2 Å². The number of phosphoric acid groups is 1. The zero-order valence-electron chi connectivity index (χ0n) is 56.0. The Bertz CT molecular complexity index is 1910. The van der Waals surface area contributed by atoms with Gasteiger partial charge in [-0.25, -0.2) is 0 Å². The van der Waals surface area contributed by atoms with Gasteiger partial charge in [0.15, 0.2) is 6.10 Å². The maximum Gasteiger partial charge on any atom is 0.306 e. The van der Waals surface area contributed by atoms with E-state index >= 15 is 0 Å². The van der Waals surface area contributed by atoms with Crippen molar-refractivity contribution < 1.29 is 42.1 Å². The third-order valence-electron chi connectivity index (χ3n) is 14.7. The molecule has 0 aromatic carbocycles. The molecule has 0 aliphatic carbocycles. The van der Waals surface area contributed by atoms with Gasteiger partial charge in [0, 0.05) is 12.8 Å². The highest BCUT2D eigenvalue weighted by atomic mass is 31.2. The molecule has 0 saturated heterocycles. The summed E-state index contributed by atoms with van der Waals surface area (Å²) >= 11 is 0. The number of likely N-dealkylation sites (N-methyl/N-ethyl adjacent to an activating group) is 1. The first kappa shape index (κ1) is 82.1. The van der Waals surface area contributed by atoms with Crippen molar-refractivity contribution in [3.63, 3.8) is 0 Å². The first-order chi connectivity index (χ1) is 42.0. The Hall–Kier alpha value is -3.85. The van der Waals surface area contributed by atoms with E-state index in [0.29, 0.717) is 17.4 Å². The summed E-state index contributed by atoms with van der Waals surface area (Å²) in [5.74, 6) is -0.842. The molecule has 0 spiro atoms. The van der Waals surface area contributed by atoms with Gasteiger partial charge in [0.1, 0.15) is 19.8 Å². The van der Waals surface area contributed by atoms with Crippen molar-refractivity contribution >= 4 is 19.8 Å². The lowest BCUT2D eigenvalue weighted by Gasteiger charge is -2.28. The normalized spacial score (nSPS) is 14.0. The minimum absolute atomic E-state index is 0.0373. The van der Waals surface area contributed by atoms with Gasteiger partial charge in [0.05, 0.1) is 27.7 Å². The molecule has 0 aliphatic rings. The maximum atomic E-state index is 12.9. The van der Waals surface area contributed by atoms with Crippen LogP contribution in [0.2, 0.25) is 0 Å². The Labute approximate surface area is 530 Å². The second kappa shape index (κ2) is 65.6. The quantitative estimate of drug-likeness (QED) is 0.0195. The van der Waals surface area contributed by atoms with Crippen LogP contribution >= 0.6 is 7.82 Å². The molecule has 2 unspecified atom stereocenters. The van der Waals surface area contributed by atoms with E-state index in [4.69, 9.17) is 18.5 Å². The van der Waals surface area contributed by atoms with Crippen LogP contribution in [0, 0.1) is 0 Å². The molecule has 0 radical (unpaired) electrons. The smallest absolute Gasteiger partial charge is 0.306 e. The Kier molecular flexibility index (Phi) is 62.7. The number of nitrogens with zero attached hydrogens (tertiary/aromatic N) is 1. The molecule has 0 bridgehead atoms. The molecular weight excluding hydrogens is 1090 g/mol. The lowest BCUT2D eigenvalue weighted by atomic mass is 10.0. The molecular formula is C76H130NO8P. The van der Waals surface area contributed by atoms with Crippen molar-refractivity contribution in [2.75, 3.05) is 47.5 Å². The minimum atomic E-state index is -4.65. The SMILES string of the molecule is CC/C=C\C/C=C\C/C=C\C/C=C\C/C=C\C/C=C\C/C=C\C/C=C\CCCCCCCCCCCCCCCCC(=O)OC(COC(=O)CCCCCCCCCC/C=C\C/C=C\C/C=C\CCCCCCC)COP(=O)([O-])OCC[N+](C)(C)C. The number of esters is 2. The van der Waals surface area contributed by atoms with Gasteiger partial charge in [-0.1, -0.05) is 289 Å². The average Bonchev–Trinajstić information content (AvgIpc) is 3.56. The molecule has 0 heterocycles. The number of carbonyl (C=O) groups excluding carboxylic acids is 2. The van der Waals surface area contributed by atoms with Crippen LogP contribution in [0.25, 0.3) is 0 Å². The number of carbonyl (C=O) groups is 2. The van der Waals surface area contributed by atoms with Gasteiger partial charge in [-0.15, -0.1) is 0 Å². The fraction of sp³-hybridized carbons (Fsp3) is 0.684. The molecule has 86 heavy (non-hydrogen) atoms. The third kappa shape index (κ3) is 69.3. The van der Waals surface area contributed by atoms with Crippen LogP contribution in [-0.2, 0) is 32.7 Å². The van der Waals surface area contributed by atoms with E-state index in [1.165, 1.54) is 135 Å². The first-order valence-electron chi connectivity index (χ1n) is 34.9. The molecule has 0 aromatic heterocycles. The molecule has 0 fully saturated rings. The Morgan fingerprint density at radius 1 is 0.372 bits per heavy atom. The number of hydrogen-bond donors (Lipinski definition) is 0. The van der Waals surface area contributed by atoms with Gasteiger partial charge < -0.3 is 27.9 Å². The number of unbranched alkanes of at least 4 members (excludes halogenated alkanes) is 27. The van der Waals surface area contributed by atoms with Crippen LogP contribution in [-0.4, -0.2) is 70.0 Å². The predicted octanol–water partition coefficient (Wildman–Crippen LogP) is 22.2. The molecule has 492 valence electrons. The van der Waals surface area contributed by atoms with Crippen LogP contribution in [0.4, 0.5) is 0 Å². The van der Waals surface area contributed by atoms with E-state index in [2.05, 4.69) is 148 Å². The van der Waals surface area contributed by atoms with Crippen LogP contribution < -0.4 is 4.89 Å². The highest BCUT2D eigenvalue weighted by Gasteiger charge is 2.22. The second-order valence-electron chi connectivity index (χ2n) is 24.2. The van der Waals surface area contributed by atoms with Crippen molar-refractivity contribution in [2.24, 2.45) is 0 Å². The summed E-state index contributed by atoms with van der Waals surface area (Å²) in [6.07, 6.45) is 95.2. The van der Waals surface area contributed by atoms with E-state index in [0.717, 1.165) is 116 Å². The Morgan fingerprint density at radius 2 is 0.663 bits per heavy atom. The number of rotatable bonds is 63. The summed E-state index contributed by atoms with van der Waals surface area (Å²) in [6, 6.07) is 0. The van der Waals surface area contributed by atoms with E-state index in [1.807, 2.05) is 21.1 Å². The third-order valence-corrected chi connectivity index (χ3v) is 15.6. The lowest BCUT2D eigenvalue weighted by Crippen LogP contribution is -2.37. The molecule has 0 rings (SSSR count). The van der Waals surface area contributed by atoms with Gasteiger partial charge in [-0.2, -0.15) is 0 Å². The van der Waals surface area contributed by atoms with Crippen LogP contribution in [0.3, 0.4) is 0 Å². The fourth-order valence-electron chi connectivity index (χ4n) is 9.33. The topological polar surface area (TPSA) is 111 Å². The lowest BCUT2D eigenvalue weighted by molar-refractivity contribution is -0.870. The largest absolute Gasteiger partial charge is 0.756 e. The molecule has 0 saturated carbocycles. The summed E-state index contributed by atoms with van der Waals surface area (Å²) in [5.41, 5.74) is 0. The highest BCUT2D eigenvalue weighted by molar-refractivity contribution is 7.45. The van der Waals surface area contributed by atoms with Gasteiger partial charge in [0.25, 0.3) is 7.82 Å². The zero-order valence-corrected chi connectivity index (χ0v) is 56.9. The van der Waals surface area contributed by atoms with Crippen molar-refractivity contribution in [3.8, 4) is 0 Å². The number of allylic oxidation sites excluding steroid dienone is 22. The average molecular weight is 1220 g/mol. The number of ether oxygens (including phenoxy) is 2. The van der Waals surface area contributed by atoms with Crippen molar-refractivity contribution in [3.05, 3.63) is 134 Å². The van der Waals surface area contributed by atoms with Crippen LogP contribution in [0.5, 0.6) is 0 Å². The summed E-state index contributed by atoms with van der Waals surface area (Å²) in [6.45, 7) is 4.11. The van der Waals surface area contributed by atoms with Crippen molar-refractivity contribution in [1.82, 2.24) is 0 Å². The molecule has 2 atom stereocenters. The molecule has 9 nitrogen and oxygen atoms in total. The second-order valence-corrected chi connectivity index (χ2v) is 25.6. The van der Waals surface area contributed by atoms with E-state index < -0.39 is 32.5 Å². The van der Waals surface area contributed by atoms with Gasteiger partial charge >= 0.3 is 11.9 Å². The molecule has 0 N–H and O–H groups in total. The summed E-state index contributed by atoms with van der Waals surface area (Å²) in [4.78, 5) is 38.0. The Morgan fingerprint density at radius 3 is 0.988 bits per heavy atom. The minimum Gasteiger partial charge on any atom is -0.756 e. The molecule has 10 heteroatoms. The van der Waals surface area contributed by atoms with Gasteiger partial charge in [0.2, 0.25) is 0 Å². The molecule has 0 amide bonds. The van der Waals surface area contributed by atoms with Crippen molar-refractivity contribution in [2.45, 2.75) is 290 Å². The maximum absolute atomic E-state index is 12.9. The monoisotopic (exact) mass is 1220 g/mol. The zero-order chi connectivity index (χ0) is 62.6. The standard InChI is InChI=1S/C76H130NO8P/c1-6-8-10-12-14-16-18-20-22-24-26-28-30-31-32-33-34-35-36-37-38-39-40-41-42-43-44-45-47-49-51-53-55-57-59-61-63-65-67-69-76(79)85-74(73-84-86(80,81)83-71-70-77(3,4)5)72-82-75(78)68-66-64-62-60-58-56-54-52-50-48-46-29-27-25-23-21-19-17-15-13-11-9-7-2/h8,10,14,16,19-22,25-28,31-32,34-35,37-38,40-41,46,48,74H,6-7,9,11-13,15,17-18,23-24,29-30,33,36,39,42-45,47,49-73H2,1-5H3/b10-8-,16-14-,21-19-,22-20-,27-25-,28-26-,32-31-,35-34-,38-37-,41-40-,48-46-. The van der Waals surface area contributed by atoms with E-state index in [-0.39, 0.29) is 26.1 Å². The fourth-order valence-corrected chi connectivity index (χ4v) is 10.1. The first-order valence-corrected chi connectivity index (χ1v) is 36.4. The number of hydrogen-bond acceptors (Lipinski definition) is 8. The van der Waals surface area contributed by atoms with Gasteiger partial charge in [-0.05, 0) is 116 Å². The summed E-state index contributed by atoms with van der Waals surface area (Å²) in [7, 11) is 1.15.